The fraction of sp³-hybridized carbons (Fsp3) is 0.429. The topological polar surface area (TPSA) is 71.2 Å². The number of pyridine rings is 1. The third kappa shape index (κ3) is 3.79. The van der Waals surface area contributed by atoms with Crippen LogP contribution in [0.25, 0.3) is 0 Å². The number of carbonyl (C=O) groups is 1. The molecule has 0 fully saturated rings. The summed E-state index contributed by atoms with van der Waals surface area (Å²) in [7, 11) is 1.59. The Bertz CT molecular complexity index is 522. The van der Waals surface area contributed by atoms with E-state index in [1.807, 2.05) is 0 Å². The molecule has 1 amide bonds. The van der Waals surface area contributed by atoms with E-state index in [0.717, 1.165) is 0 Å². The van der Waals surface area contributed by atoms with Gasteiger partial charge in [0.25, 0.3) is 5.56 Å². The number of hydrogen-bond acceptors (Lipinski definition) is 3. The standard InChI is InChI=1S/C14H20N2O3/c1-5-14(3,6-7-19-4)13(18)16-11-8-10(2)12(17)15-9-11/h5,8-9H,1,6-7H2,2-4H3,(H,15,17)(H,16,18). The smallest absolute Gasteiger partial charge is 0.250 e. The number of aryl methyl sites for hydroxylation is 1. The van der Waals surface area contributed by atoms with Gasteiger partial charge in [-0.1, -0.05) is 6.08 Å². The third-order valence-corrected chi connectivity index (χ3v) is 3.14. The molecule has 1 heterocycles. The highest BCUT2D eigenvalue weighted by molar-refractivity contribution is 5.96. The molecule has 104 valence electrons. The Balaban J connectivity index is 2.84. The van der Waals surface area contributed by atoms with Crippen molar-refractivity contribution in [2.45, 2.75) is 20.3 Å². The maximum Gasteiger partial charge on any atom is 0.250 e. The largest absolute Gasteiger partial charge is 0.385 e. The second-order valence-electron chi connectivity index (χ2n) is 4.72. The van der Waals surface area contributed by atoms with E-state index < -0.39 is 5.41 Å². The van der Waals surface area contributed by atoms with Crippen LogP contribution in [-0.4, -0.2) is 24.6 Å². The molecule has 1 atom stereocenters. The zero-order valence-electron chi connectivity index (χ0n) is 11.6. The summed E-state index contributed by atoms with van der Waals surface area (Å²) in [5.41, 5.74) is 0.242. The number of aromatic amines is 1. The number of rotatable bonds is 6. The molecule has 1 aromatic heterocycles. The van der Waals surface area contributed by atoms with Gasteiger partial charge in [-0.15, -0.1) is 6.58 Å². The average molecular weight is 264 g/mol. The van der Waals surface area contributed by atoms with Gasteiger partial charge >= 0.3 is 0 Å². The first kappa shape index (κ1) is 15.2. The van der Waals surface area contributed by atoms with Crippen LogP contribution in [0, 0.1) is 12.3 Å². The van der Waals surface area contributed by atoms with Crippen LogP contribution in [-0.2, 0) is 9.53 Å². The molecule has 5 heteroatoms. The summed E-state index contributed by atoms with van der Waals surface area (Å²) in [6.45, 7) is 7.66. The average Bonchev–Trinajstić information content (AvgIpc) is 2.40. The van der Waals surface area contributed by atoms with Crippen molar-refractivity contribution in [1.29, 1.82) is 0 Å². The summed E-state index contributed by atoms with van der Waals surface area (Å²) in [4.78, 5) is 26.1. The Labute approximate surface area is 112 Å². The molecule has 1 aromatic rings. The highest BCUT2D eigenvalue weighted by Gasteiger charge is 2.29. The quantitative estimate of drug-likeness (QED) is 0.770. The van der Waals surface area contributed by atoms with Crippen molar-refractivity contribution < 1.29 is 9.53 Å². The van der Waals surface area contributed by atoms with Gasteiger partial charge in [-0.05, 0) is 26.3 Å². The van der Waals surface area contributed by atoms with Crippen LogP contribution in [0.15, 0.2) is 29.7 Å². The Hall–Kier alpha value is -1.88. The molecular weight excluding hydrogens is 244 g/mol. The summed E-state index contributed by atoms with van der Waals surface area (Å²) >= 11 is 0. The predicted octanol–water partition coefficient (Wildman–Crippen LogP) is 1.85. The lowest BCUT2D eigenvalue weighted by molar-refractivity contribution is -0.123. The van der Waals surface area contributed by atoms with Crippen molar-refractivity contribution in [2.75, 3.05) is 19.0 Å². The Kier molecular flexibility index (Phi) is 5.06. The van der Waals surface area contributed by atoms with Crippen molar-refractivity contribution in [1.82, 2.24) is 4.98 Å². The van der Waals surface area contributed by atoms with Crippen molar-refractivity contribution in [3.8, 4) is 0 Å². The number of ether oxygens (including phenoxy) is 1. The molecule has 0 spiro atoms. The van der Waals surface area contributed by atoms with Crippen molar-refractivity contribution in [3.05, 3.63) is 40.8 Å². The number of hydrogen-bond donors (Lipinski definition) is 2. The van der Waals surface area contributed by atoms with E-state index in [9.17, 15) is 9.59 Å². The van der Waals surface area contributed by atoms with Gasteiger partial charge in [-0.2, -0.15) is 0 Å². The molecule has 0 saturated carbocycles. The van der Waals surface area contributed by atoms with E-state index in [4.69, 9.17) is 4.74 Å². The van der Waals surface area contributed by atoms with E-state index in [-0.39, 0.29) is 11.5 Å². The summed E-state index contributed by atoms with van der Waals surface area (Å²) < 4.78 is 5.00. The highest BCUT2D eigenvalue weighted by atomic mass is 16.5. The number of aromatic nitrogens is 1. The predicted molar refractivity (Wildman–Crippen MR) is 75.2 cm³/mol. The Morgan fingerprint density at radius 3 is 2.84 bits per heavy atom. The van der Waals surface area contributed by atoms with Gasteiger partial charge < -0.3 is 15.0 Å². The van der Waals surface area contributed by atoms with Gasteiger partial charge in [0.1, 0.15) is 0 Å². The second kappa shape index (κ2) is 6.33. The third-order valence-electron chi connectivity index (χ3n) is 3.14. The molecule has 5 nitrogen and oxygen atoms in total. The Morgan fingerprint density at radius 2 is 2.32 bits per heavy atom. The molecule has 1 unspecified atom stereocenters. The first-order chi connectivity index (χ1) is 8.92. The molecule has 0 aliphatic heterocycles. The minimum atomic E-state index is -0.708. The molecule has 0 aliphatic rings. The van der Waals surface area contributed by atoms with Crippen molar-refractivity contribution in [3.63, 3.8) is 0 Å². The van der Waals surface area contributed by atoms with Crippen molar-refractivity contribution in [2.24, 2.45) is 5.41 Å². The minimum absolute atomic E-state index is 0.163. The van der Waals surface area contributed by atoms with Crippen LogP contribution >= 0.6 is 0 Å². The Morgan fingerprint density at radius 1 is 1.63 bits per heavy atom. The van der Waals surface area contributed by atoms with Gasteiger partial charge in [-0.3, -0.25) is 9.59 Å². The molecule has 0 bridgehead atoms. The second-order valence-corrected chi connectivity index (χ2v) is 4.72. The zero-order valence-corrected chi connectivity index (χ0v) is 11.6. The van der Waals surface area contributed by atoms with E-state index in [1.165, 1.54) is 6.20 Å². The van der Waals surface area contributed by atoms with E-state index >= 15 is 0 Å². The minimum Gasteiger partial charge on any atom is -0.385 e. The van der Waals surface area contributed by atoms with E-state index in [1.54, 1.807) is 33.1 Å². The SMILES string of the molecule is C=CC(C)(CCOC)C(=O)Nc1c[nH]c(=O)c(C)c1. The van der Waals surface area contributed by atoms with Gasteiger partial charge in [0.15, 0.2) is 0 Å². The van der Waals surface area contributed by atoms with Crippen LogP contribution in [0.3, 0.4) is 0 Å². The molecular formula is C14H20N2O3. The van der Waals surface area contributed by atoms with Crippen LogP contribution < -0.4 is 10.9 Å². The van der Waals surface area contributed by atoms with Crippen LogP contribution in [0.5, 0.6) is 0 Å². The number of anilines is 1. The zero-order chi connectivity index (χ0) is 14.5. The lowest BCUT2D eigenvalue weighted by Crippen LogP contribution is -2.33. The molecule has 19 heavy (non-hydrogen) atoms. The number of methoxy groups -OCH3 is 1. The van der Waals surface area contributed by atoms with Gasteiger partial charge in [0.05, 0.1) is 11.1 Å². The van der Waals surface area contributed by atoms with E-state index in [2.05, 4.69) is 16.9 Å². The summed E-state index contributed by atoms with van der Waals surface area (Å²) in [5, 5.41) is 2.77. The molecule has 2 N–H and O–H groups in total. The molecule has 0 radical (unpaired) electrons. The summed E-state index contributed by atoms with van der Waals surface area (Å²) in [5.74, 6) is -0.175. The summed E-state index contributed by atoms with van der Waals surface area (Å²) in [6, 6.07) is 1.64. The van der Waals surface area contributed by atoms with Crippen molar-refractivity contribution >= 4 is 11.6 Å². The monoisotopic (exact) mass is 264 g/mol. The number of H-pyrrole nitrogens is 1. The van der Waals surface area contributed by atoms with Gasteiger partial charge in [0, 0.05) is 25.5 Å². The van der Waals surface area contributed by atoms with E-state index in [0.29, 0.717) is 24.3 Å². The fourth-order valence-electron chi connectivity index (χ4n) is 1.57. The van der Waals surface area contributed by atoms with Gasteiger partial charge in [0.2, 0.25) is 5.91 Å². The van der Waals surface area contributed by atoms with Crippen LogP contribution in [0.1, 0.15) is 18.9 Å². The normalized spacial score (nSPS) is 13.6. The maximum atomic E-state index is 12.2. The summed E-state index contributed by atoms with van der Waals surface area (Å²) in [6.07, 6.45) is 3.63. The maximum absolute atomic E-state index is 12.2. The van der Waals surface area contributed by atoms with Crippen LogP contribution in [0.2, 0.25) is 0 Å². The van der Waals surface area contributed by atoms with Gasteiger partial charge in [-0.25, -0.2) is 0 Å². The number of amides is 1. The number of nitrogens with one attached hydrogen (secondary N) is 2. The molecule has 0 aliphatic carbocycles. The lowest BCUT2D eigenvalue weighted by atomic mass is 9.86. The molecule has 1 rings (SSSR count). The first-order valence-electron chi connectivity index (χ1n) is 6.06. The van der Waals surface area contributed by atoms with Crippen LogP contribution in [0.4, 0.5) is 5.69 Å². The molecule has 0 saturated heterocycles. The first-order valence-corrected chi connectivity index (χ1v) is 6.06. The number of carbonyl (C=O) groups excluding carboxylic acids is 1. The highest BCUT2D eigenvalue weighted by Crippen LogP contribution is 2.25. The fourth-order valence-corrected chi connectivity index (χ4v) is 1.57. The lowest BCUT2D eigenvalue weighted by Gasteiger charge is -2.24. The molecule has 0 aromatic carbocycles.